The number of hydrogen-bond acceptors (Lipinski definition) is 3. The van der Waals surface area contributed by atoms with Crippen molar-refractivity contribution < 1.29 is 4.21 Å². The van der Waals surface area contributed by atoms with Crippen molar-refractivity contribution in [2.75, 3.05) is 25.9 Å². The van der Waals surface area contributed by atoms with Crippen molar-refractivity contribution in [3.05, 3.63) is 0 Å². The van der Waals surface area contributed by atoms with Gasteiger partial charge in [0.2, 0.25) is 0 Å². The van der Waals surface area contributed by atoms with E-state index < -0.39 is 10.8 Å². The molecule has 1 rings (SSSR count). The van der Waals surface area contributed by atoms with Crippen molar-refractivity contribution in [2.24, 2.45) is 5.92 Å². The zero-order valence-corrected chi connectivity index (χ0v) is 13.6. The van der Waals surface area contributed by atoms with Gasteiger partial charge < -0.3 is 5.32 Å². The average Bonchev–Trinajstić information content (AvgIpc) is 2.28. The van der Waals surface area contributed by atoms with Gasteiger partial charge in [-0.1, -0.05) is 20.8 Å². The van der Waals surface area contributed by atoms with Gasteiger partial charge in [-0.05, 0) is 26.2 Å². The van der Waals surface area contributed by atoms with Crippen LogP contribution in [0.15, 0.2) is 0 Å². The van der Waals surface area contributed by atoms with Crippen LogP contribution in [0.3, 0.4) is 0 Å². The summed E-state index contributed by atoms with van der Waals surface area (Å²) in [6, 6.07) is 0.565. The zero-order valence-electron chi connectivity index (χ0n) is 12.8. The van der Waals surface area contributed by atoms with Gasteiger partial charge in [-0.2, -0.15) is 0 Å². The van der Waals surface area contributed by atoms with Gasteiger partial charge in [0.15, 0.2) is 0 Å². The van der Waals surface area contributed by atoms with Crippen LogP contribution in [-0.4, -0.2) is 51.8 Å². The van der Waals surface area contributed by atoms with Gasteiger partial charge in [0.05, 0.1) is 0 Å². The lowest BCUT2D eigenvalue weighted by atomic mass is 9.90. The van der Waals surface area contributed by atoms with Gasteiger partial charge in [0.25, 0.3) is 0 Å². The van der Waals surface area contributed by atoms with Crippen molar-refractivity contribution in [2.45, 2.75) is 57.9 Å². The Hall–Kier alpha value is 0.0700. The molecule has 0 saturated carbocycles. The third-order valence-corrected chi connectivity index (χ3v) is 5.65. The average molecular weight is 274 g/mol. The second kappa shape index (κ2) is 6.49. The zero-order chi connectivity index (χ0) is 13.9. The number of rotatable bonds is 5. The number of hydrogen-bond donors (Lipinski definition) is 1. The summed E-state index contributed by atoms with van der Waals surface area (Å²) < 4.78 is 11.6. The summed E-state index contributed by atoms with van der Waals surface area (Å²) in [6.45, 7) is 14.2. The van der Waals surface area contributed by atoms with Gasteiger partial charge in [-0.15, -0.1) is 0 Å². The number of piperazine rings is 1. The van der Waals surface area contributed by atoms with E-state index in [-0.39, 0.29) is 10.8 Å². The molecule has 0 radical (unpaired) electrons. The van der Waals surface area contributed by atoms with Crippen molar-refractivity contribution in [1.29, 1.82) is 0 Å². The topological polar surface area (TPSA) is 32.3 Å². The first-order valence-electron chi connectivity index (χ1n) is 7.10. The molecule has 0 bridgehead atoms. The maximum Gasteiger partial charge on any atom is 0.0444 e. The van der Waals surface area contributed by atoms with Crippen LogP contribution in [0.2, 0.25) is 0 Å². The molecular formula is C14H30N2OS. The third kappa shape index (κ3) is 4.04. The lowest BCUT2D eigenvalue weighted by Gasteiger charge is -2.48. The van der Waals surface area contributed by atoms with Crippen LogP contribution in [0, 0.1) is 5.92 Å². The third-order valence-electron chi connectivity index (χ3n) is 4.37. The second-order valence-corrected chi connectivity index (χ2v) is 8.15. The van der Waals surface area contributed by atoms with Gasteiger partial charge in [-0.25, -0.2) is 0 Å². The van der Waals surface area contributed by atoms with Gasteiger partial charge in [-0.3, -0.25) is 9.11 Å². The monoisotopic (exact) mass is 274 g/mol. The molecule has 108 valence electrons. The van der Waals surface area contributed by atoms with Crippen LogP contribution in [0.1, 0.15) is 41.0 Å². The summed E-state index contributed by atoms with van der Waals surface area (Å²) in [5, 5.41) is 3.95. The highest BCUT2D eigenvalue weighted by atomic mass is 32.2. The van der Waals surface area contributed by atoms with E-state index in [1.807, 2.05) is 6.26 Å². The summed E-state index contributed by atoms with van der Waals surface area (Å²) >= 11 is 0. The predicted octanol–water partition coefficient (Wildman–Crippen LogP) is 1.85. The lowest BCUT2D eigenvalue weighted by molar-refractivity contribution is 0.0614. The molecule has 4 heteroatoms. The number of nitrogens with zero attached hydrogens (tertiary/aromatic N) is 1. The first kappa shape index (κ1) is 16.1. The Morgan fingerprint density at radius 3 is 2.50 bits per heavy atom. The quantitative estimate of drug-likeness (QED) is 0.830. The maximum absolute atomic E-state index is 11.6. The molecule has 3 nitrogen and oxygen atoms in total. The summed E-state index contributed by atoms with van der Waals surface area (Å²) in [5.41, 5.74) is 0.209. The van der Waals surface area contributed by atoms with Crippen molar-refractivity contribution in [1.82, 2.24) is 10.2 Å². The van der Waals surface area contributed by atoms with E-state index in [1.165, 1.54) is 0 Å². The fourth-order valence-corrected chi connectivity index (χ4v) is 3.03. The largest absolute Gasteiger partial charge is 0.309 e. The van der Waals surface area contributed by atoms with Gasteiger partial charge in [0.1, 0.15) is 0 Å². The molecular weight excluding hydrogens is 244 g/mol. The molecule has 0 spiro atoms. The van der Waals surface area contributed by atoms with E-state index in [1.54, 1.807) is 0 Å². The molecule has 1 fully saturated rings. The van der Waals surface area contributed by atoms with Crippen LogP contribution in [-0.2, 0) is 10.8 Å². The van der Waals surface area contributed by atoms with Crippen LogP contribution >= 0.6 is 0 Å². The Balaban J connectivity index is 2.75. The summed E-state index contributed by atoms with van der Waals surface area (Å²) in [7, 11) is -0.729. The Morgan fingerprint density at radius 1 is 1.44 bits per heavy atom. The Bertz CT molecular complexity index is 296. The fraction of sp³-hybridized carbons (Fsp3) is 1.00. The van der Waals surface area contributed by atoms with E-state index in [9.17, 15) is 4.21 Å². The Morgan fingerprint density at radius 2 is 2.06 bits per heavy atom. The first-order valence-corrected chi connectivity index (χ1v) is 8.72. The summed E-state index contributed by atoms with van der Waals surface area (Å²) in [6.07, 6.45) is 2.95. The lowest BCUT2D eigenvalue weighted by Crippen LogP contribution is -2.64. The number of nitrogens with one attached hydrogen (secondary N) is 1. The molecule has 4 atom stereocenters. The maximum atomic E-state index is 11.6. The SMILES string of the molecule is CCC1(C)CN(CC(C)S(C)=O)C(C(C)C)CN1. The van der Waals surface area contributed by atoms with Crippen molar-refractivity contribution in [3.63, 3.8) is 0 Å². The molecule has 1 saturated heterocycles. The van der Waals surface area contributed by atoms with E-state index >= 15 is 0 Å². The van der Waals surface area contributed by atoms with E-state index in [2.05, 4.69) is 44.8 Å². The minimum absolute atomic E-state index is 0.209. The molecule has 1 aliphatic heterocycles. The molecule has 0 aromatic rings. The Labute approximate surface area is 115 Å². The highest BCUT2D eigenvalue weighted by Crippen LogP contribution is 2.23. The summed E-state index contributed by atoms with van der Waals surface area (Å²) in [5.74, 6) is 0.636. The van der Waals surface area contributed by atoms with E-state index in [0.29, 0.717) is 12.0 Å². The van der Waals surface area contributed by atoms with Crippen LogP contribution < -0.4 is 5.32 Å². The van der Waals surface area contributed by atoms with Crippen LogP contribution in [0.25, 0.3) is 0 Å². The van der Waals surface area contributed by atoms with Gasteiger partial charge in [0, 0.05) is 53.5 Å². The molecule has 0 aliphatic carbocycles. The highest BCUT2D eigenvalue weighted by molar-refractivity contribution is 7.84. The molecule has 0 amide bonds. The molecule has 4 unspecified atom stereocenters. The molecule has 0 aromatic heterocycles. The molecule has 1 heterocycles. The van der Waals surface area contributed by atoms with Crippen LogP contribution in [0.4, 0.5) is 0 Å². The van der Waals surface area contributed by atoms with E-state index in [4.69, 9.17) is 0 Å². The van der Waals surface area contributed by atoms with Crippen molar-refractivity contribution >= 4 is 10.8 Å². The molecule has 1 N–H and O–H groups in total. The fourth-order valence-electron chi connectivity index (χ4n) is 2.63. The Kier molecular flexibility index (Phi) is 5.81. The van der Waals surface area contributed by atoms with Crippen molar-refractivity contribution in [3.8, 4) is 0 Å². The second-order valence-electron chi connectivity index (χ2n) is 6.35. The van der Waals surface area contributed by atoms with Crippen LogP contribution in [0.5, 0.6) is 0 Å². The normalized spacial score (nSPS) is 33.6. The molecule has 1 aliphatic rings. The smallest absolute Gasteiger partial charge is 0.0444 e. The van der Waals surface area contributed by atoms with E-state index in [0.717, 1.165) is 26.1 Å². The standard InChI is InChI=1S/C14H30N2OS/c1-7-14(5)10-16(9-12(4)18(6)17)13(8-15-14)11(2)3/h11-13,15H,7-10H2,1-6H3. The minimum atomic E-state index is -0.729. The summed E-state index contributed by atoms with van der Waals surface area (Å²) in [4.78, 5) is 2.55. The highest BCUT2D eigenvalue weighted by Gasteiger charge is 2.36. The molecule has 18 heavy (non-hydrogen) atoms. The molecule has 0 aromatic carbocycles. The van der Waals surface area contributed by atoms with Gasteiger partial charge >= 0.3 is 0 Å². The predicted molar refractivity (Wildman–Crippen MR) is 80.4 cm³/mol. The minimum Gasteiger partial charge on any atom is -0.309 e. The first-order chi connectivity index (χ1) is 8.29.